The average Bonchev–Trinajstić information content (AvgIpc) is 3.08. The van der Waals surface area contributed by atoms with Gasteiger partial charge in [0.2, 0.25) is 11.8 Å². The molecule has 0 saturated carbocycles. The highest BCUT2D eigenvalue weighted by Crippen LogP contribution is 2.30. The standard InChI is InChI=1S/C19H19N3O3/c1-12(20-15-7-6-13-10-25-11-14(13)8-15)19(24)22-9-18(23)21-16-4-2-3-5-17(16)22/h2-8,12,20H,9-11H2,1H3,(H,21,23). The second-order valence-electron chi connectivity index (χ2n) is 6.33. The molecule has 2 N–H and O–H groups in total. The molecule has 0 bridgehead atoms. The van der Waals surface area contributed by atoms with Gasteiger partial charge in [-0.1, -0.05) is 18.2 Å². The third kappa shape index (κ3) is 2.96. The molecule has 2 aliphatic heterocycles. The van der Waals surface area contributed by atoms with Gasteiger partial charge in [-0.15, -0.1) is 0 Å². The van der Waals surface area contributed by atoms with Gasteiger partial charge in [0.15, 0.2) is 0 Å². The molecule has 0 fully saturated rings. The highest BCUT2D eigenvalue weighted by molar-refractivity contribution is 6.11. The summed E-state index contributed by atoms with van der Waals surface area (Å²) in [5.41, 5.74) is 4.59. The van der Waals surface area contributed by atoms with Crippen LogP contribution in [0.2, 0.25) is 0 Å². The summed E-state index contributed by atoms with van der Waals surface area (Å²) in [5, 5.41) is 6.03. The summed E-state index contributed by atoms with van der Waals surface area (Å²) in [4.78, 5) is 26.3. The molecule has 128 valence electrons. The maximum absolute atomic E-state index is 12.9. The summed E-state index contributed by atoms with van der Waals surface area (Å²) >= 11 is 0. The average molecular weight is 337 g/mol. The van der Waals surface area contributed by atoms with Crippen LogP contribution in [-0.4, -0.2) is 24.4 Å². The van der Waals surface area contributed by atoms with E-state index in [1.165, 1.54) is 10.5 Å². The Labute approximate surface area is 145 Å². The van der Waals surface area contributed by atoms with Gasteiger partial charge in [0.25, 0.3) is 0 Å². The first kappa shape index (κ1) is 15.7. The fourth-order valence-corrected chi connectivity index (χ4v) is 3.24. The number of ether oxygens (including phenoxy) is 1. The van der Waals surface area contributed by atoms with Crippen LogP contribution < -0.4 is 15.5 Å². The second kappa shape index (κ2) is 6.22. The van der Waals surface area contributed by atoms with Crippen LogP contribution in [0, 0.1) is 0 Å². The van der Waals surface area contributed by atoms with Crippen molar-refractivity contribution >= 4 is 28.9 Å². The van der Waals surface area contributed by atoms with Crippen molar-refractivity contribution in [2.75, 3.05) is 22.1 Å². The quantitative estimate of drug-likeness (QED) is 0.903. The predicted octanol–water partition coefficient (Wildman–Crippen LogP) is 2.50. The number of nitrogens with zero attached hydrogens (tertiary/aromatic N) is 1. The molecule has 2 aromatic rings. The smallest absolute Gasteiger partial charge is 0.249 e. The van der Waals surface area contributed by atoms with Crippen molar-refractivity contribution in [3.63, 3.8) is 0 Å². The summed E-state index contributed by atoms with van der Waals surface area (Å²) < 4.78 is 5.42. The van der Waals surface area contributed by atoms with E-state index in [0.29, 0.717) is 18.9 Å². The number of hydrogen-bond acceptors (Lipinski definition) is 4. The van der Waals surface area contributed by atoms with E-state index in [1.54, 1.807) is 13.0 Å². The van der Waals surface area contributed by atoms with Crippen LogP contribution >= 0.6 is 0 Å². The molecule has 0 radical (unpaired) electrons. The molecule has 1 unspecified atom stereocenters. The van der Waals surface area contributed by atoms with Crippen LogP contribution in [-0.2, 0) is 27.5 Å². The van der Waals surface area contributed by atoms with E-state index in [-0.39, 0.29) is 18.4 Å². The minimum atomic E-state index is -0.459. The first-order chi connectivity index (χ1) is 12.1. The number of rotatable bonds is 3. The highest BCUT2D eigenvalue weighted by atomic mass is 16.5. The van der Waals surface area contributed by atoms with Crippen molar-refractivity contribution in [1.29, 1.82) is 0 Å². The summed E-state index contributed by atoms with van der Waals surface area (Å²) in [5.74, 6) is -0.326. The minimum Gasteiger partial charge on any atom is -0.374 e. The number of hydrogen-bond donors (Lipinski definition) is 2. The Balaban J connectivity index is 1.53. The molecular formula is C19H19N3O3. The lowest BCUT2D eigenvalue weighted by atomic mass is 10.1. The van der Waals surface area contributed by atoms with Gasteiger partial charge in [-0.25, -0.2) is 0 Å². The van der Waals surface area contributed by atoms with Gasteiger partial charge in [-0.05, 0) is 42.3 Å². The molecule has 0 saturated heterocycles. The van der Waals surface area contributed by atoms with Crippen molar-refractivity contribution in [3.8, 4) is 0 Å². The molecule has 0 spiro atoms. The van der Waals surface area contributed by atoms with Gasteiger partial charge in [0, 0.05) is 5.69 Å². The number of amides is 2. The van der Waals surface area contributed by atoms with Crippen molar-refractivity contribution in [1.82, 2.24) is 0 Å². The lowest BCUT2D eigenvalue weighted by molar-refractivity contribution is -0.122. The van der Waals surface area contributed by atoms with Crippen molar-refractivity contribution < 1.29 is 14.3 Å². The lowest BCUT2D eigenvalue weighted by Gasteiger charge is -2.31. The molecule has 6 nitrogen and oxygen atoms in total. The van der Waals surface area contributed by atoms with Gasteiger partial charge in [-0.2, -0.15) is 0 Å². The molecule has 6 heteroatoms. The van der Waals surface area contributed by atoms with Crippen molar-refractivity contribution in [2.45, 2.75) is 26.2 Å². The maximum atomic E-state index is 12.9. The van der Waals surface area contributed by atoms with Crippen LogP contribution in [0.4, 0.5) is 17.1 Å². The van der Waals surface area contributed by atoms with Gasteiger partial charge in [-0.3, -0.25) is 14.5 Å². The Bertz CT molecular complexity index is 850. The predicted molar refractivity (Wildman–Crippen MR) is 95.4 cm³/mol. The maximum Gasteiger partial charge on any atom is 0.249 e. The van der Waals surface area contributed by atoms with Gasteiger partial charge in [0.05, 0.1) is 24.6 Å². The van der Waals surface area contributed by atoms with E-state index in [1.807, 2.05) is 36.4 Å². The van der Waals surface area contributed by atoms with E-state index in [9.17, 15) is 9.59 Å². The number of para-hydroxylation sites is 2. The van der Waals surface area contributed by atoms with Crippen molar-refractivity contribution in [3.05, 3.63) is 53.6 Å². The Kier molecular flexibility index (Phi) is 3.89. The molecule has 1 atom stereocenters. The SMILES string of the molecule is CC(Nc1ccc2c(c1)COC2)C(=O)N1CC(=O)Nc2ccccc21. The summed E-state index contributed by atoms with van der Waals surface area (Å²) in [6, 6.07) is 12.9. The highest BCUT2D eigenvalue weighted by Gasteiger charge is 2.29. The van der Waals surface area contributed by atoms with Crippen LogP contribution in [0.5, 0.6) is 0 Å². The van der Waals surface area contributed by atoms with Gasteiger partial charge < -0.3 is 15.4 Å². The fraction of sp³-hybridized carbons (Fsp3) is 0.263. The van der Waals surface area contributed by atoms with E-state index in [4.69, 9.17) is 4.74 Å². The van der Waals surface area contributed by atoms with E-state index >= 15 is 0 Å². The Morgan fingerprint density at radius 1 is 1.20 bits per heavy atom. The molecule has 4 rings (SSSR count). The van der Waals surface area contributed by atoms with Gasteiger partial charge >= 0.3 is 0 Å². The summed E-state index contributed by atoms with van der Waals surface area (Å²) in [6.45, 7) is 3.08. The molecule has 0 aromatic heterocycles. The first-order valence-electron chi connectivity index (χ1n) is 8.28. The monoisotopic (exact) mass is 337 g/mol. The zero-order valence-corrected chi connectivity index (χ0v) is 13.9. The Hall–Kier alpha value is -2.86. The van der Waals surface area contributed by atoms with Crippen LogP contribution in [0.1, 0.15) is 18.1 Å². The number of nitrogens with one attached hydrogen (secondary N) is 2. The van der Waals surface area contributed by atoms with Gasteiger partial charge in [0.1, 0.15) is 12.6 Å². The molecule has 25 heavy (non-hydrogen) atoms. The second-order valence-corrected chi connectivity index (χ2v) is 6.33. The van der Waals surface area contributed by atoms with Crippen molar-refractivity contribution in [2.24, 2.45) is 0 Å². The third-order valence-electron chi connectivity index (χ3n) is 4.51. The van der Waals surface area contributed by atoms with E-state index in [0.717, 1.165) is 16.9 Å². The fourth-order valence-electron chi connectivity index (χ4n) is 3.24. The molecule has 2 aliphatic rings. The largest absolute Gasteiger partial charge is 0.374 e. The Morgan fingerprint density at radius 3 is 2.88 bits per heavy atom. The third-order valence-corrected chi connectivity index (χ3v) is 4.51. The van der Waals surface area contributed by atoms with E-state index in [2.05, 4.69) is 10.6 Å². The summed E-state index contributed by atoms with van der Waals surface area (Å²) in [6.07, 6.45) is 0. The topological polar surface area (TPSA) is 70.7 Å². The van der Waals surface area contributed by atoms with Crippen LogP contribution in [0.15, 0.2) is 42.5 Å². The van der Waals surface area contributed by atoms with E-state index < -0.39 is 6.04 Å². The lowest BCUT2D eigenvalue weighted by Crippen LogP contribution is -2.47. The minimum absolute atomic E-state index is 0.0277. The molecule has 2 amide bonds. The number of anilines is 3. The number of fused-ring (bicyclic) bond motifs is 2. The molecule has 0 aliphatic carbocycles. The number of carbonyl (C=O) groups is 2. The Morgan fingerprint density at radius 2 is 2.00 bits per heavy atom. The van der Waals surface area contributed by atoms with Crippen LogP contribution in [0.3, 0.4) is 0 Å². The molecular weight excluding hydrogens is 318 g/mol. The first-order valence-corrected chi connectivity index (χ1v) is 8.28. The van der Waals surface area contributed by atoms with Crippen LogP contribution in [0.25, 0.3) is 0 Å². The summed E-state index contributed by atoms with van der Waals surface area (Å²) in [7, 11) is 0. The zero-order chi connectivity index (χ0) is 17.4. The molecule has 2 heterocycles. The normalized spacial score (nSPS) is 16.7. The zero-order valence-electron chi connectivity index (χ0n) is 13.9. The number of benzene rings is 2. The number of carbonyl (C=O) groups excluding carboxylic acids is 2. The molecule has 2 aromatic carbocycles.